The molecule has 0 saturated carbocycles. The average Bonchev–Trinajstić information content (AvgIpc) is 3.26. The van der Waals surface area contributed by atoms with Gasteiger partial charge in [-0.25, -0.2) is 4.98 Å². The predicted octanol–water partition coefficient (Wildman–Crippen LogP) is 3.18. The van der Waals surface area contributed by atoms with Crippen molar-refractivity contribution in [2.45, 2.75) is 12.8 Å². The van der Waals surface area contributed by atoms with Gasteiger partial charge in [0.25, 0.3) is 5.91 Å². The van der Waals surface area contributed by atoms with Crippen LogP contribution in [0, 0.1) is 0 Å². The van der Waals surface area contributed by atoms with Gasteiger partial charge in [0.2, 0.25) is 5.91 Å². The van der Waals surface area contributed by atoms with E-state index in [1.54, 1.807) is 0 Å². The molecule has 0 unspecified atom stereocenters. The fourth-order valence-electron chi connectivity index (χ4n) is 2.99. The second-order valence-electron chi connectivity index (χ2n) is 6.23. The van der Waals surface area contributed by atoms with Crippen molar-refractivity contribution in [3.8, 4) is 0 Å². The van der Waals surface area contributed by atoms with Crippen molar-refractivity contribution in [3.05, 3.63) is 65.3 Å². The maximum Gasteiger partial charge on any atom is 0.279 e. The number of amides is 2. The molecular formula is C20H18N4O2S. The van der Waals surface area contributed by atoms with Crippen molar-refractivity contribution < 1.29 is 9.59 Å². The van der Waals surface area contributed by atoms with Crippen LogP contribution in [0.5, 0.6) is 0 Å². The van der Waals surface area contributed by atoms with E-state index in [4.69, 9.17) is 0 Å². The fourth-order valence-corrected chi connectivity index (χ4v) is 3.95. The lowest BCUT2D eigenvalue weighted by atomic mass is 10.2. The van der Waals surface area contributed by atoms with Gasteiger partial charge in [-0.3, -0.25) is 20.4 Å². The molecule has 136 valence electrons. The standard InChI is InChI=1S/C20H18N4O2S/c1-24-15-8-4-3-7-14(15)21-18(24)10-11-19(25)22-23-20(26)17-12-13-6-2-5-9-16(13)27-17/h2-9,12H,10-11H2,1H3,(H,22,25)(H,23,26). The minimum atomic E-state index is -0.313. The zero-order chi connectivity index (χ0) is 18.8. The van der Waals surface area contributed by atoms with E-state index in [2.05, 4.69) is 15.8 Å². The number of hydrazine groups is 1. The van der Waals surface area contributed by atoms with Gasteiger partial charge in [-0.1, -0.05) is 30.3 Å². The van der Waals surface area contributed by atoms with Crippen LogP contribution in [0.1, 0.15) is 21.9 Å². The van der Waals surface area contributed by atoms with E-state index >= 15 is 0 Å². The number of fused-ring (bicyclic) bond motifs is 2. The van der Waals surface area contributed by atoms with Gasteiger partial charge in [-0.05, 0) is 29.7 Å². The van der Waals surface area contributed by atoms with Gasteiger partial charge in [0, 0.05) is 24.6 Å². The third-order valence-corrected chi connectivity index (χ3v) is 5.54. The Hall–Kier alpha value is -3.19. The zero-order valence-electron chi connectivity index (χ0n) is 14.7. The molecule has 0 atom stereocenters. The van der Waals surface area contributed by atoms with E-state index in [9.17, 15) is 9.59 Å². The molecule has 4 aromatic rings. The largest absolute Gasteiger partial charge is 0.331 e. The highest BCUT2D eigenvalue weighted by atomic mass is 32.1. The summed E-state index contributed by atoms with van der Waals surface area (Å²) >= 11 is 1.39. The topological polar surface area (TPSA) is 76.0 Å². The van der Waals surface area contributed by atoms with Gasteiger partial charge in [-0.15, -0.1) is 11.3 Å². The number of nitrogens with zero attached hydrogens (tertiary/aromatic N) is 2. The number of thiophene rings is 1. The summed E-state index contributed by atoms with van der Waals surface area (Å²) in [5, 5.41) is 1.01. The molecule has 0 spiro atoms. The molecule has 0 aliphatic carbocycles. The molecule has 7 heteroatoms. The molecule has 0 bridgehead atoms. The predicted molar refractivity (Wildman–Crippen MR) is 106 cm³/mol. The van der Waals surface area contributed by atoms with E-state index in [1.165, 1.54) is 11.3 Å². The number of aromatic nitrogens is 2. The van der Waals surface area contributed by atoms with Crippen LogP contribution in [0.15, 0.2) is 54.6 Å². The lowest BCUT2D eigenvalue weighted by Crippen LogP contribution is -2.41. The number of nitrogens with one attached hydrogen (secondary N) is 2. The minimum Gasteiger partial charge on any atom is -0.331 e. The van der Waals surface area contributed by atoms with Gasteiger partial charge in [0.15, 0.2) is 0 Å². The second-order valence-corrected chi connectivity index (χ2v) is 7.31. The Morgan fingerprint density at radius 2 is 1.85 bits per heavy atom. The van der Waals surface area contributed by atoms with Crippen molar-refractivity contribution >= 4 is 44.3 Å². The van der Waals surface area contributed by atoms with Gasteiger partial charge in [-0.2, -0.15) is 0 Å². The summed E-state index contributed by atoms with van der Waals surface area (Å²) in [4.78, 5) is 29.4. The van der Waals surface area contributed by atoms with Crippen LogP contribution in [-0.2, 0) is 18.3 Å². The number of rotatable bonds is 4. The molecule has 2 aromatic carbocycles. The minimum absolute atomic E-state index is 0.240. The average molecular weight is 378 g/mol. The molecule has 2 N–H and O–H groups in total. The van der Waals surface area contributed by atoms with Crippen molar-refractivity contribution in [2.24, 2.45) is 7.05 Å². The first-order chi connectivity index (χ1) is 13.1. The molecule has 2 amide bonds. The van der Waals surface area contributed by atoms with E-state index in [0.29, 0.717) is 11.3 Å². The number of imidazole rings is 1. The molecule has 0 aliphatic heterocycles. The molecule has 2 aromatic heterocycles. The maximum absolute atomic E-state index is 12.2. The summed E-state index contributed by atoms with van der Waals surface area (Å²) in [7, 11) is 1.94. The highest BCUT2D eigenvalue weighted by molar-refractivity contribution is 7.20. The summed E-state index contributed by atoms with van der Waals surface area (Å²) in [5.41, 5.74) is 6.91. The lowest BCUT2D eigenvalue weighted by molar-refractivity contribution is -0.121. The van der Waals surface area contributed by atoms with Gasteiger partial charge >= 0.3 is 0 Å². The molecular weight excluding hydrogens is 360 g/mol. The first-order valence-electron chi connectivity index (χ1n) is 8.60. The number of aryl methyl sites for hydroxylation is 2. The first-order valence-corrected chi connectivity index (χ1v) is 9.41. The monoisotopic (exact) mass is 378 g/mol. The quantitative estimate of drug-likeness (QED) is 0.536. The van der Waals surface area contributed by atoms with Crippen LogP contribution < -0.4 is 10.9 Å². The second kappa shape index (κ2) is 7.20. The zero-order valence-corrected chi connectivity index (χ0v) is 15.5. The summed E-state index contributed by atoms with van der Waals surface area (Å²) in [6.07, 6.45) is 0.736. The van der Waals surface area contributed by atoms with Gasteiger partial charge < -0.3 is 4.57 Å². The van der Waals surface area contributed by atoms with E-state index in [0.717, 1.165) is 26.9 Å². The van der Waals surface area contributed by atoms with Crippen LogP contribution in [0.3, 0.4) is 0 Å². The third kappa shape index (κ3) is 3.54. The Morgan fingerprint density at radius 3 is 2.67 bits per heavy atom. The molecule has 2 heterocycles. The van der Waals surface area contributed by atoms with E-state index in [1.807, 2.05) is 66.2 Å². The molecule has 0 radical (unpaired) electrons. The number of carbonyl (C=O) groups excluding carboxylic acids is 2. The first kappa shape index (κ1) is 17.2. The molecule has 0 aliphatic rings. The number of para-hydroxylation sites is 2. The highest BCUT2D eigenvalue weighted by Gasteiger charge is 2.12. The summed E-state index contributed by atoms with van der Waals surface area (Å²) < 4.78 is 3.02. The number of benzene rings is 2. The Morgan fingerprint density at radius 1 is 1.07 bits per heavy atom. The van der Waals surface area contributed by atoms with E-state index < -0.39 is 0 Å². The highest BCUT2D eigenvalue weighted by Crippen LogP contribution is 2.24. The molecule has 0 saturated heterocycles. The van der Waals surface area contributed by atoms with Crippen LogP contribution >= 0.6 is 11.3 Å². The lowest BCUT2D eigenvalue weighted by Gasteiger charge is -2.06. The SMILES string of the molecule is Cn1c(CCC(=O)NNC(=O)c2cc3ccccc3s2)nc2ccccc21. The molecule has 27 heavy (non-hydrogen) atoms. The number of carbonyl (C=O) groups is 2. The molecule has 6 nitrogen and oxygen atoms in total. The Balaban J connectivity index is 1.33. The Kier molecular flexibility index (Phi) is 4.60. The molecule has 0 fully saturated rings. The van der Waals surface area contributed by atoms with Crippen molar-refractivity contribution in [1.82, 2.24) is 20.4 Å². The Labute approximate surface area is 159 Å². The third-order valence-electron chi connectivity index (χ3n) is 4.42. The number of hydrogen-bond donors (Lipinski definition) is 2. The van der Waals surface area contributed by atoms with Crippen LogP contribution in [0.25, 0.3) is 21.1 Å². The normalized spacial score (nSPS) is 11.0. The van der Waals surface area contributed by atoms with Crippen LogP contribution in [-0.4, -0.2) is 21.4 Å². The van der Waals surface area contributed by atoms with Gasteiger partial charge in [0.1, 0.15) is 5.82 Å². The van der Waals surface area contributed by atoms with Crippen molar-refractivity contribution in [1.29, 1.82) is 0 Å². The van der Waals surface area contributed by atoms with Crippen molar-refractivity contribution in [2.75, 3.05) is 0 Å². The van der Waals surface area contributed by atoms with Crippen LogP contribution in [0.4, 0.5) is 0 Å². The Bertz CT molecular complexity index is 1110. The summed E-state index contributed by atoms with van der Waals surface area (Å²) in [5.74, 6) is 0.269. The number of hydrogen-bond acceptors (Lipinski definition) is 4. The maximum atomic E-state index is 12.2. The smallest absolute Gasteiger partial charge is 0.279 e. The van der Waals surface area contributed by atoms with Gasteiger partial charge in [0.05, 0.1) is 15.9 Å². The van der Waals surface area contributed by atoms with Crippen molar-refractivity contribution in [3.63, 3.8) is 0 Å². The molecule has 4 rings (SSSR count). The van der Waals surface area contributed by atoms with Crippen LogP contribution in [0.2, 0.25) is 0 Å². The van der Waals surface area contributed by atoms with E-state index in [-0.39, 0.29) is 18.2 Å². The summed E-state index contributed by atoms with van der Waals surface area (Å²) in [6, 6.07) is 17.5. The fraction of sp³-hybridized carbons (Fsp3) is 0.150. The summed E-state index contributed by atoms with van der Waals surface area (Å²) in [6.45, 7) is 0.